The summed E-state index contributed by atoms with van der Waals surface area (Å²) in [6, 6.07) is 20.3. The van der Waals surface area contributed by atoms with Crippen LogP contribution in [-0.2, 0) is 12.0 Å². The standard InChI is InChI=1S/C34H44FN3O4/c1-6-16-38(17-7-2)33(41)26-19-25(20-28(35)21-26)32(40)37-30(18-24-12-9-8-10-13-24)31(39)23-36-34(3,4)27-14-11-15-29(22-27)42-5/h8-15,19-22,30-31,36,39H,6-7,16-18,23H2,1-5H3,(H,37,40)/t30-,31+/m0/s1. The highest BCUT2D eigenvalue weighted by Crippen LogP contribution is 2.24. The highest BCUT2D eigenvalue weighted by molar-refractivity contribution is 5.99. The lowest BCUT2D eigenvalue weighted by molar-refractivity contribution is 0.0755. The zero-order valence-corrected chi connectivity index (χ0v) is 25.3. The first kappa shape index (κ1) is 32.8. The van der Waals surface area contributed by atoms with E-state index in [-0.39, 0.29) is 23.6 Å². The van der Waals surface area contributed by atoms with Crippen LogP contribution in [0, 0.1) is 5.82 Å². The summed E-state index contributed by atoms with van der Waals surface area (Å²) in [5, 5.41) is 17.6. The molecule has 7 nitrogen and oxygen atoms in total. The van der Waals surface area contributed by atoms with Gasteiger partial charge in [0.05, 0.1) is 19.3 Å². The number of halogens is 1. The third-order valence-electron chi connectivity index (χ3n) is 7.31. The van der Waals surface area contributed by atoms with Crippen molar-refractivity contribution >= 4 is 11.8 Å². The Hall–Kier alpha value is -3.75. The number of aliphatic hydroxyl groups is 1. The highest BCUT2D eigenvalue weighted by Gasteiger charge is 2.27. The van der Waals surface area contributed by atoms with Crippen LogP contribution in [0.3, 0.4) is 0 Å². The third kappa shape index (κ3) is 9.13. The quantitative estimate of drug-likeness (QED) is 0.227. The molecule has 0 spiro atoms. The maximum absolute atomic E-state index is 14.7. The van der Waals surface area contributed by atoms with E-state index in [0.29, 0.717) is 19.5 Å². The largest absolute Gasteiger partial charge is 0.497 e. The van der Waals surface area contributed by atoms with Crippen molar-refractivity contribution < 1.29 is 23.8 Å². The van der Waals surface area contributed by atoms with Gasteiger partial charge in [0.25, 0.3) is 11.8 Å². The second kappa shape index (κ2) is 15.5. The van der Waals surface area contributed by atoms with Crippen molar-refractivity contribution in [3.63, 3.8) is 0 Å². The Labute approximate surface area is 249 Å². The Morgan fingerprint density at radius 2 is 1.62 bits per heavy atom. The number of nitrogens with one attached hydrogen (secondary N) is 2. The topological polar surface area (TPSA) is 90.9 Å². The number of methoxy groups -OCH3 is 1. The molecule has 0 radical (unpaired) electrons. The fourth-order valence-electron chi connectivity index (χ4n) is 4.90. The summed E-state index contributed by atoms with van der Waals surface area (Å²) < 4.78 is 20.0. The molecule has 0 saturated heterocycles. The van der Waals surface area contributed by atoms with Crippen molar-refractivity contribution in [3.05, 3.63) is 101 Å². The lowest BCUT2D eigenvalue weighted by Crippen LogP contribution is -2.51. The molecule has 0 aliphatic carbocycles. The number of benzene rings is 3. The van der Waals surface area contributed by atoms with E-state index in [4.69, 9.17) is 4.74 Å². The number of amides is 2. The maximum Gasteiger partial charge on any atom is 0.253 e. The molecule has 42 heavy (non-hydrogen) atoms. The van der Waals surface area contributed by atoms with Gasteiger partial charge in [-0.1, -0.05) is 56.3 Å². The van der Waals surface area contributed by atoms with Gasteiger partial charge in [0.2, 0.25) is 0 Å². The number of carbonyl (C=O) groups is 2. The van der Waals surface area contributed by atoms with Gasteiger partial charge in [0, 0.05) is 36.3 Å². The smallest absolute Gasteiger partial charge is 0.253 e. The van der Waals surface area contributed by atoms with Crippen molar-refractivity contribution in [1.29, 1.82) is 0 Å². The fourth-order valence-corrected chi connectivity index (χ4v) is 4.90. The lowest BCUT2D eigenvalue weighted by Gasteiger charge is -2.31. The van der Waals surface area contributed by atoms with Crippen LogP contribution in [0.25, 0.3) is 0 Å². The van der Waals surface area contributed by atoms with Crippen LogP contribution in [-0.4, -0.2) is 60.7 Å². The van der Waals surface area contributed by atoms with E-state index in [1.807, 2.05) is 82.3 Å². The van der Waals surface area contributed by atoms with Crippen molar-refractivity contribution in [1.82, 2.24) is 15.5 Å². The van der Waals surface area contributed by atoms with E-state index in [1.54, 1.807) is 12.0 Å². The first-order chi connectivity index (χ1) is 20.1. The van der Waals surface area contributed by atoms with E-state index in [1.165, 1.54) is 6.07 Å². The van der Waals surface area contributed by atoms with Gasteiger partial charge in [0.15, 0.2) is 0 Å². The SMILES string of the molecule is CCCN(CCC)C(=O)c1cc(F)cc(C(=O)N[C@@H](Cc2ccccc2)[C@H](O)CNC(C)(C)c2cccc(OC)c2)c1. The normalized spacial score (nSPS) is 12.8. The van der Waals surface area contributed by atoms with Crippen LogP contribution in [0.15, 0.2) is 72.8 Å². The molecule has 0 fully saturated rings. The molecule has 3 rings (SSSR count). The Bertz CT molecular complexity index is 1310. The van der Waals surface area contributed by atoms with Gasteiger partial charge in [0.1, 0.15) is 11.6 Å². The van der Waals surface area contributed by atoms with Crippen LogP contribution < -0.4 is 15.4 Å². The monoisotopic (exact) mass is 577 g/mol. The molecular formula is C34H44FN3O4. The van der Waals surface area contributed by atoms with E-state index in [9.17, 15) is 19.1 Å². The molecule has 0 unspecified atom stereocenters. The molecule has 3 aromatic rings. The summed E-state index contributed by atoms with van der Waals surface area (Å²) in [7, 11) is 1.62. The average molecular weight is 578 g/mol. The van der Waals surface area contributed by atoms with Crippen LogP contribution in [0.1, 0.15) is 72.4 Å². The molecule has 0 aliphatic rings. The summed E-state index contributed by atoms with van der Waals surface area (Å²) in [5.41, 5.74) is 1.57. The molecule has 0 heterocycles. The summed E-state index contributed by atoms with van der Waals surface area (Å²) >= 11 is 0. The van der Waals surface area contributed by atoms with E-state index in [2.05, 4.69) is 10.6 Å². The van der Waals surface area contributed by atoms with E-state index in [0.717, 1.165) is 41.9 Å². The number of hydrogen-bond donors (Lipinski definition) is 3. The van der Waals surface area contributed by atoms with Gasteiger partial charge >= 0.3 is 0 Å². The van der Waals surface area contributed by atoms with Crippen molar-refractivity contribution in [2.24, 2.45) is 0 Å². The molecule has 2 amide bonds. The number of nitrogens with zero attached hydrogens (tertiary/aromatic N) is 1. The van der Waals surface area contributed by atoms with Gasteiger partial charge in [-0.15, -0.1) is 0 Å². The second-order valence-electron chi connectivity index (χ2n) is 11.1. The van der Waals surface area contributed by atoms with Crippen LogP contribution in [0.5, 0.6) is 5.75 Å². The zero-order chi connectivity index (χ0) is 30.7. The first-order valence-electron chi connectivity index (χ1n) is 14.6. The van der Waals surface area contributed by atoms with Crippen LogP contribution >= 0.6 is 0 Å². The molecule has 0 saturated carbocycles. The molecule has 0 bridgehead atoms. The number of aliphatic hydroxyl groups excluding tert-OH is 1. The van der Waals surface area contributed by atoms with Crippen molar-refractivity contribution in [2.75, 3.05) is 26.7 Å². The Kier molecular flexibility index (Phi) is 12.1. The summed E-state index contributed by atoms with van der Waals surface area (Å²) in [5.74, 6) is -0.802. The van der Waals surface area contributed by atoms with Gasteiger partial charge < -0.3 is 25.4 Å². The Morgan fingerprint density at radius 3 is 2.26 bits per heavy atom. The number of ether oxygens (including phenoxy) is 1. The number of carbonyl (C=O) groups excluding carboxylic acids is 2. The van der Waals surface area contributed by atoms with Gasteiger partial charge in [-0.25, -0.2) is 4.39 Å². The summed E-state index contributed by atoms with van der Waals surface area (Å²) in [4.78, 5) is 28.2. The first-order valence-corrected chi connectivity index (χ1v) is 14.6. The molecule has 3 N–H and O–H groups in total. The molecule has 8 heteroatoms. The third-order valence-corrected chi connectivity index (χ3v) is 7.31. The fraction of sp³-hybridized carbons (Fsp3) is 0.412. The van der Waals surface area contributed by atoms with Crippen LogP contribution in [0.2, 0.25) is 0 Å². The average Bonchev–Trinajstić information content (AvgIpc) is 2.99. The minimum Gasteiger partial charge on any atom is -0.497 e. The molecule has 3 aromatic carbocycles. The zero-order valence-electron chi connectivity index (χ0n) is 25.3. The lowest BCUT2D eigenvalue weighted by atomic mass is 9.93. The molecule has 0 aromatic heterocycles. The molecule has 0 aliphatic heterocycles. The predicted octanol–water partition coefficient (Wildman–Crippen LogP) is 5.32. The Morgan fingerprint density at radius 1 is 0.952 bits per heavy atom. The van der Waals surface area contributed by atoms with Gasteiger partial charge in [-0.05, 0) is 74.6 Å². The predicted molar refractivity (Wildman–Crippen MR) is 164 cm³/mol. The van der Waals surface area contributed by atoms with Crippen molar-refractivity contribution in [2.45, 2.75) is 64.6 Å². The molecular weight excluding hydrogens is 533 g/mol. The van der Waals surface area contributed by atoms with Crippen LogP contribution in [0.4, 0.5) is 4.39 Å². The maximum atomic E-state index is 14.7. The second-order valence-corrected chi connectivity index (χ2v) is 11.1. The molecule has 226 valence electrons. The number of hydrogen-bond acceptors (Lipinski definition) is 5. The van der Waals surface area contributed by atoms with Gasteiger partial charge in [-0.2, -0.15) is 0 Å². The van der Waals surface area contributed by atoms with E-state index >= 15 is 0 Å². The highest BCUT2D eigenvalue weighted by atomic mass is 19.1. The summed E-state index contributed by atoms with van der Waals surface area (Å²) in [6.45, 7) is 9.24. The minimum atomic E-state index is -0.974. The van der Waals surface area contributed by atoms with Crippen molar-refractivity contribution in [3.8, 4) is 5.75 Å². The van der Waals surface area contributed by atoms with Gasteiger partial charge in [-0.3, -0.25) is 9.59 Å². The summed E-state index contributed by atoms with van der Waals surface area (Å²) in [6.07, 6.45) is 0.932. The molecule has 2 atom stereocenters. The number of rotatable bonds is 15. The Balaban J connectivity index is 1.81. The van der Waals surface area contributed by atoms with E-state index < -0.39 is 29.4 Å². The minimum absolute atomic E-state index is 0.0289.